The van der Waals surface area contributed by atoms with E-state index in [1.54, 1.807) is 6.20 Å². The van der Waals surface area contributed by atoms with Crippen molar-refractivity contribution >= 4 is 23.4 Å². The fourth-order valence-electron chi connectivity index (χ4n) is 2.83. The number of hydrogen-bond acceptors (Lipinski definition) is 6. The number of aryl methyl sites for hydroxylation is 1. The lowest BCUT2D eigenvalue weighted by atomic mass is 10.1. The highest BCUT2D eigenvalue weighted by Gasteiger charge is 2.13. The SMILES string of the molecule is CCc1ccccc1CNc1nc(Nc2cnn(C(C)C)c2)ncc1C(N)=O. The van der Waals surface area contributed by atoms with Crippen LogP contribution in [0.15, 0.2) is 42.9 Å². The fourth-order valence-corrected chi connectivity index (χ4v) is 2.83. The lowest BCUT2D eigenvalue weighted by Crippen LogP contribution is -2.17. The predicted molar refractivity (Wildman–Crippen MR) is 110 cm³/mol. The van der Waals surface area contributed by atoms with Crippen LogP contribution in [0.3, 0.4) is 0 Å². The van der Waals surface area contributed by atoms with Gasteiger partial charge in [0.25, 0.3) is 5.91 Å². The standard InChI is InChI=1S/C20H25N7O/c1-4-14-7-5-6-8-15(14)9-22-19-17(18(21)28)11-23-20(26-19)25-16-10-24-27(12-16)13(2)3/h5-8,10-13H,4,9H2,1-3H3,(H2,21,28)(H2,22,23,25,26). The Morgan fingerprint density at radius 1 is 1.21 bits per heavy atom. The molecule has 0 fully saturated rings. The topological polar surface area (TPSA) is 111 Å². The maximum atomic E-state index is 11.8. The first-order valence-corrected chi connectivity index (χ1v) is 9.26. The van der Waals surface area contributed by atoms with Crippen LogP contribution in [0.4, 0.5) is 17.5 Å². The molecule has 146 valence electrons. The van der Waals surface area contributed by atoms with Gasteiger partial charge < -0.3 is 16.4 Å². The highest BCUT2D eigenvalue weighted by atomic mass is 16.1. The second-order valence-electron chi connectivity index (χ2n) is 6.72. The molecule has 8 nitrogen and oxygen atoms in total. The number of aromatic nitrogens is 4. The third-order valence-corrected chi connectivity index (χ3v) is 4.39. The van der Waals surface area contributed by atoms with E-state index in [9.17, 15) is 4.79 Å². The number of benzene rings is 1. The van der Waals surface area contributed by atoms with E-state index in [0.29, 0.717) is 18.3 Å². The molecule has 0 radical (unpaired) electrons. The summed E-state index contributed by atoms with van der Waals surface area (Å²) < 4.78 is 1.83. The number of hydrogen-bond donors (Lipinski definition) is 3. The number of nitrogens with two attached hydrogens (primary N) is 1. The van der Waals surface area contributed by atoms with Gasteiger partial charge in [-0.2, -0.15) is 10.1 Å². The molecule has 1 aromatic carbocycles. The summed E-state index contributed by atoms with van der Waals surface area (Å²) in [5.41, 5.74) is 8.89. The Balaban J connectivity index is 1.82. The third-order valence-electron chi connectivity index (χ3n) is 4.39. The molecule has 0 atom stereocenters. The fraction of sp³-hybridized carbons (Fsp3) is 0.300. The summed E-state index contributed by atoms with van der Waals surface area (Å²) in [5.74, 6) is 0.178. The second-order valence-corrected chi connectivity index (χ2v) is 6.72. The lowest BCUT2D eigenvalue weighted by Gasteiger charge is -2.13. The lowest BCUT2D eigenvalue weighted by molar-refractivity contribution is 0.100. The molecule has 0 spiro atoms. The van der Waals surface area contributed by atoms with E-state index in [4.69, 9.17) is 5.73 Å². The minimum Gasteiger partial charge on any atom is -0.365 e. The Hall–Kier alpha value is -3.42. The second kappa shape index (κ2) is 8.51. The molecule has 3 rings (SSSR count). The number of rotatable bonds is 8. The van der Waals surface area contributed by atoms with Crippen LogP contribution in [0.25, 0.3) is 0 Å². The zero-order valence-electron chi connectivity index (χ0n) is 16.3. The molecule has 4 N–H and O–H groups in total. The molecule has 0 aliphatic carbocycles. The van der Waals surface area contributed by atoms with Gasteiger partial charge in [0, 0.05) is 25.0 Å². The average molecular weight is 379 g/mol. The maximum Gasteiger partial charge on any atom is 0.254 e. The van der Waals surface area contributed by atoms with E-state index < -0.39 is 5.91 Å². The van der Waals surface area contributed by atoms with E-state index >= 15 is 0 Å². The number of nitrogens with zero attached hydrogens (tertiary/aromatic N) is 4. The first-order valence-electron chi connectivity index (χ1n) is 9.26. The Kier molecular flexibility index (Phi) is 5.88. The monoisotopic (exact) mass is 379 g/mol. The molecule has 28 heavy (non-hydrogen) atoms. The van der Waals surface area contributed by atoms with Crippen molar-refractivity contribution in [2.45, 2.75) is 39.8 Å². The summed E-state index contributed by atoms with van der Waals surface area (Å²) in [7, 11) is 0. The molecule has 2 aromatic heterocycles. The number of nitrogens with one attached hydrogen (secondary N) is 2. The van der Waals surface area contributed by atoms with E-state index in [-0.39, 0.29) is 11.6 Å². The maximum absolute atomic E-state index is 11.8. The van der Waals surface area contributed by atoms with Crippen LogP contribution in [-0.4, -0.2) is 25.7 Å². The van der Waals surface area contributed by atoms with E-state index in [1.807, 2.05) is 36.9 Å². The van der Waals surface area contributed by atoms with E-state index in [0.717, 1.165) is 17.7 Å². The minimum absolute atomic E-state index is 0.248. The van der Waals surface area contributed by atoms with Crippen molar-refractivity contribution in [3.05, 3.63) is 59.5 Å². The van der Waals surface area contributed by atoms with Crippen molar-refractivity contribution in [2.75, 3.05) is 10.6 Å². The smallest absolute Gasteiger partial charge is 0.254 e. The first kappa shape index (κ1) is 19.3. The van der Waals surface area contributed by atoms with Crippen molar-refractivity contribution < 1.29 is 4.79 Å². The number of anilines is 3. The van der Waals surface area contributed by atoms with Crippen molar-refractivity contribution in [1.82, 2.24) is 19.7 Å². The summed E-state index contributed by atoms with van der Waals surface area (Å²) in [4.78, 5) is 20.4. The Bertz CT molecular complexity index is 965. The summed E-state index contributed by atoms with van der Waals surface area (Å²) in [6.45, 7) is 6.74. The number of amides is 1. The molecular weight excluding hydrogens is 354 g/mol. The van der Waals surface area contributed by atoms with Crippen LogP contribution < -0.4 is 16.4 Å². The van der Waals surface area contributed by atoms with Crippen molar-refractivity contribution in [1.29, 1.82) is 0 Å². The Morgan fingerprint density at radius 2 is 1.96 bits per heavy atom. The van der Waals surface area contributed by atoms with Gasteiger partial charge in [-0.3, -0.25) is 9.48 Å². The molecule has 0 saturated carbocycles. The molecule has 2 heterocycles. The third kappa shape index (κ3) is 4.46. The zero-order chi connectivity index (χ0) is 20.1. The van der Waals surface area contributed by atoms with Crippen LogP contribution in [0.1, 0.15) is 48.3 Å². The molecular formula is C20H25N7O. The molecule has 0 aliphatic heterocycles. The van der Waals surface area contributed by atoms with E-state index in [2.05, 4.69) is 44.8 Å². The Morgan fingerprint density at radius 3 is 2.61 bits per heavy atom. The van der Waals surface area contributed by atoms with Crippen LogP contribution in [0, 0.1) is 0 Å². The van der Waals surface area contributed by atoms with Crippen LogP contribution >= 0.6 is 0 Å². The highest BCUT2D eigenvalue weighted by Crippen LogP contribution is 2.19. The van der Waals surface area contributed by atoms with Gasteiger partial charge >= 0.3 is 0 Å². The summed E-state index contributed by atoms with van der Waals surface area (Å²) >= 11 is 0. The van der Waals surface area contributed by atoms with Crippen LogP contribution in [0.2, 0.25) is 0 Å². The normalized spacial score (nSPS) is 10.9. The summed E-state index contributed by atoms with van der Waals surface area (Å²) in [6.07, 6.45) is 5.94. The molecule has 1 amide bonds. The van der Waals surface area contributed by atoms with Crippen LogP contribution in [0.5, 0.6) is 0 Å². The Labute approximate surface area is 164 Å². The number of primary amides is 1. The zero-order valence-corrected chi connectivity index (χ0v) is 16.3. The van der Waals surface area contributed by atoms with Gasteiger partial charge in [-0.25, -0.2) is 4.98 Å². The predicted octanol–water partition coefficient (Wildman–Crippen LogP) is 3.27. The molecule has 3 aromatic rings. The van der Waals surface area contributed by atoms with Crippen molar-refractivity contribution in [3.63, 3.8) is 0 Å². The minimum atomic E-state index is -0.578. The van der Waals surface area contributed by atoms with Gasteiger partial charge in [0.15, 0.2) is 0 Å². The van der Waals surface area contributed by atoms with Gasteiger partial charge in [0.2, 0.25) is 5.95 Å². The van der Waals surface area contributed by atoms with Crippen molar-refractivity contribution in [3.8, 4) is 0 Å². The van der Waals surface area contributed by atoms with Gasteiger partial charge in [-0.1, -0.05) is 31.2 Å². The molecule has 0 aliphatic rings. The molecule has 8 heteroatoms. The average Bonchev–Trinajstić information content (AvgIpc) is 3.15. The molecule has 0 bridgehead atoms. The largest absolute Gasteiger partial charge is 0.365 e. The van der Waals surface area contributed by atoms with Gasteiger partial charge in [-0.15, -0.1) is 0 Å². The summed E-state index contributed by atoms with van der Waals surface area (Å²) in [5, 5.41) is 10.6. The summed E-state index contributed by atoms with van der Waals surface area (Å²) in [6, 6.07) is 8.40. The van der Waals surface area contributed by atoms with Crippen molar-refractivity contribution in [2.24, 2.45) is 5.73 Å². The van der Waals surface area contributed by atoms with Gasteiger partial charge in [0.05, 0.1) is 17.4 Å². The van der Waals surface area contributed by atoms with Gasteiger partial charge in [-0.05, 0) is 31.4 Å². The number of carbonyl (C=O) groups is 1. The first-order chi connectivity index (χ1) is 13.5. The molecule has 0 unspecified atom stereocenters. The quantitative estimate of drug-likeness (QED) is 0.554. The highest BCUT2D eigenvalue weighted by molar-refractivity contribution is 5.97. The number of carbonyl (C=O) groups excluding carboxylic acids is 1. The molecule has 0 saturated heterocycles. The van der Waals surface area contributed by atoms with E-state index in [1.165, 1.54) is 11.8 Å². The van der Waals surface area contributed by atoms with Gasteiger partial charge in [0.1, 0.15) is 5.82 Å². The van der Waals surface area contributed by atoms with Crippen LogP contribution in [-0.2, 0) is 13.0 Å².